The van der Waals surface area contributed by atoms with Crippen LogP contribution in [-0.2, 0) is 9.53 Å². The van der Waals surface area contributed by atoms with Crippen molar-refractivity contribution in [1.29, 1.82) is 0 Å². The predicted molar refractivity (Wildman–Crippen MR) is 66.5 cm³/mol. The third-order valence-electron chi connectivity index (χ3n) is 4.38. The minimum Gasteiger partial charge on any atom is -0.376 e. The molecule has 2 fully saturated rings. The summed E-state index contributed by atoms with van der Waals surface area (Å²) in [6.45, 7) is 4.84. The highest BCUT2D eigenvalue weighted by Gasteiger charge is 2.39. The average molecular weight is 240 g/mol. The normalized spacial score (nSPS) is 42.4. The summed E-state index contributed by atoms with van der Waals surface area (Å²) in [6.07, 6.45) is 4.94. The molecule has 4 atom stereocenters. The maximum atomic E-state index is 12.2. The van der Waals surface area contributed by atoms with Crippen LogP contribution in [0.5, 0.6) is 0 Å². The number of rotatable bonds is 2. The number of ether oxygens (including phenoxy) is 1. The molecule has 3 N–H and O–H groups in total. The Morgan fingerprint density at radius 2 is 2.24 bits per heavy atom. The maximum Gasteiger partial charge on any atom is 0.223 e. The first-order chi connectivity index (χ1) is 8.01. The van der Waals surface area contributed by atoms with Crippen LogP contribution in [0.3, 0.4) is 0 Å². The summed E-state index contributed by atoms with van der Waals surface area (Å²) in [5.41, 5.74) is 5.73. The molecule has 1 heterocycles. The highest BCUT2D eigenvalue weighted by Crippen LogP contribution is 2.28. The van der Waals surface area contributed by atoms with Crippen LogP contribution in [0.4, 0.5) is 0 Å². The largest absolute Gasteiger partial charge is 0.376 e. The van der Waals surface area contributed by atoms with E-state index >= 15 is 0 Å². The fraction of sp³-hybridized carbons (Fsp3) is 0.923. The topological polar surface area (TPSA) is 64.3 Å². The van der Waals surface area contributed by atoms with E-state index in [1.54, 1.807) is 0 Å². The van der Waals surface area contributed by atoms with E-state index in [0.29, 0.717) is 0 Å². The Labute approximate surface area is 103 Å². The van der Waals surface area contributed by atoms with Crippen molar-refractivity contribution in [3.05, 3.63) is 0 Å². The summed E-state index contributed by atoms with van der Waals surface area (Å²) >= 11 is 0. The molecule has 0 radical (unpaired) electrons. The third kappa shape index (κ3) is 2.80. The van der Waals surface area contributed by atoms with Gasteiger partial charge >= 0.3 is 0 Å². The third-order valence-corrected chi connectivity index (χ3v) is 4.38. The van der Waals surface area contributed by atoms with Crippen molar-refractivity contribution in [3.8, 4) is 0 Å². The Morgan fingerprint density at radius 3 is 2.82 bits per heavy atom. The van der Waals surface area contributed by atoms with Crippen molar-refractivity contribution >= 4 is 5.91 Å². The second kappa shape index (κ2) is 4.94. The molecule has 1 amide bonds. The summed E-state index contributed by atoms with van der Waals surface area (Å²) in [5, 5.41) is 3.18. The second-order valence-electron chi connectivity index (χ2n) is 5.79. The van der Waals surface area contributed by atoms with Crippen LogP contribution in [0, 0.1) is 5.92 Å². The van der Waals surface area contributed by atoms with Gasteiger partial charge in [0.05, 0.1) is 11.6 Å². The lowest BCUT2D eigenvalue weighted by atomic mass is 9.84. The van der Waals surface area contributed by atoms with Gasteiger partial charge in [-0.1, -0.05) is 6.42 Å². The van der Waals surface area contributed by atoms with Gasteiger partial charge in [0, 0.05) is 18.6 Å². The van der Waals surface area contributed by atoms with Crippen molar-refractivity contribution in [2.45, 2.75) is 63.6 Å². The predicted octanol–water partition coefficient (Wildman–Crippen LogP) is 1.19. The molecule has 17 heavy (non-hydrogen) atoms. The van der Waals surface area contributed by atoms with E-state index in [0.717, 1.165) is 38.7 Å². The summed E-state index contributed by atoms with van der Waals surface area (Å²) in [5.74, 6) is 0.267. The molecule has 4 unspecified atom stereocenters. The fourth-order valence-corrected chi connectivity index (χ4v) is 2.85. The summed E-state index contributed by atoms with van der Waals surface area (Å²) in [6, 6.07) is 0.199. The number of hydrogen-bond donors (Lipinski definition) is 2. The molecule has 4 heteroatoms. The molecular weight excluding hydrogens is 216 g/mol. The minimum atomic E-state index is -0.196. The van der Waals surface area contributed by atoms with Crippen LogP contribution in [0.25, 0.3) is 0 Å². The molecule has 0 aromatic rings. The highest BCUT2D eigenvalue weighted by atomic mass is 16.5. The minimum absolute atomic E-state index is 0.100. The van der Waals surface area contributed by atoms with E-state index in [-0.39, 0.29) is 29.5 Å². The zero-order valence-electron chi connectivity index (χ0n) is 10.9. The van der Waals surface area contributed by atoms with Gasteiger partial charge in [-0.3, -0.25) is 4.79 Å². The Balaban J connectivity index is 1.92. The Morgan fingerprint density at radius 1 is 1.47 bits per heavy atom. The van der Waals surface area contributed by atoms with E-state index in [1.807, 2.05) is 6.92 Å². The van der Waals surface area contributed by atoms with E-state index in [1.165, 1.54) is 0 Å². The maximum absolute atomic E-state index is 12.2. The molecule has 2 aliphatic rings. The number of nitrogens with two attached hydrogens (primary N) is 1. The lowest BCUT2D eigenvalue weighted by Crippen LogP contribution is -2.53. The monoisotopic (exact) mass is 240 g/mol. The van der Waals surface area contributed by atoms with E-state index < -0.39 is 0 Å². The summed E-state index contributed by atoms with van der Waals surface area (Å²) in [7, 11) is 0. The first kappa shape index (κ1) is 12.8. The molecule has 1 saturated carbocycles. The number of carbonyl (C=O) groups is 1. The lowest BCUT2D eigenvalue weighted by molar-refractivity contribution is -0.128. The molecule has 0 spiro atoms. The average Bonchev–Trinajstić information content (AvgIpc) is 2.59. The zero-order valence-corrected chi connectivity index (χ0v) is 10.9. The standard InChI is InChI=1S/C13H24N2O2/c1-9-13(2,6-7-17-9)15-12(16)10-4-3-5-11(14)8-10/h9-11H,3-8,14H2,1-2H3,(H,15,16). The molecule has 0 bridgehead atoms. The van der Waals surface area contributed by atoms with Crippen LogP contribution in [0.2, 0.25) is 0 Å². The summed E-state index contributed by atoms with van der Waals surface area (Å²) in [4.78, 5) is 12.2. The van der Waals surface area contributed by atoms with E-state index in [4.69, 9.17) is 10.5 Å². The lowest BCUT2D eigenvalue weighted by Gasteiger charge is -2.33. The van der Waals surface area contributed by atoms with Crippen molar-refractivity contribution in [3.63, 3.8) is 0 Å². The first-order valence-corrected chi connectivity index (χ1v) is 6.70. The van der Waals surface area contributed by atoms with E-state index in [2.05, 4.69) is 12.2 Å². The molecule has 0 aromatic carbocycles. The van der Waals surface area contributed by atoms with Crippen molar-refractivity contribution in [2.75, 3.05) is 6.61 Å². The molecule has 4 nitrogen and oxygen atoms in total. The van der Waals surface area contributed by atoms with Gasteiger partial charge in [0.1, 0.15) is 0 Å². The zero-order chi connectivity index (χ0) is 12.5. The van der Waals surface area contributed by atoms with Gasteiger partial charge in [-0.2, -0.15) is 0 Å². The molecule has 0 aromatic heterocycles. The Hall–Kier alpha value is -0.610. The van der Waals surface area contributed by atoms with Crippen LogP contribution in [-0.4, -0.2) is 30.2 Å². The number of amides is 1. The van der Waals surface area contributed by atoms with Crippen LogP contribution in [0.15, 0.2) is 0 Å². The van der Waals surface area contributed by atoms with Gasteiger partial charge in [0.25, 0.3) is 0 Å². The SMILES string of the molecule is CC1OCCC1(C)NC(=O)C1CCCC(N)C1. The van der Waals surface area contributed by atoms with Crippen LogP contribution in [0.1, 0.15) is 46.0 Å². The molecule has 2 rings (SSSR count). The first-order valence-electron chi connectivity index (χ1n) is 6.70. The smallest absolute Gasteiger partial charge is 0.223 e. The fourth-order valence-electron chi connectivity index (χ4n) is 2.85. The van der Waals surface area contributed by atoms with Gasteiger partial charge in [0.2, 0.25) is 5.91 Å². The van der Waals surface area contributed by atoms with Crippen molar-refractivity contribution in [2.24, 2.45) is 11.7 Å². The quantitative estimate of drug-likeness (QED) is 0.762. The molecular formula is C13H24N2O2. The van der Waals surface area contributed by atoms with E-state index in [9.17, 15) is 4.79 Å². The number of carbonyl (C=O) groups excluding carboxylic acids is 1. The Kier molecular flexibility index (Phi) is 3.73. The molecule has 1 aliphatic carbocycles. The Bertz CT molecular complexity index is 295. The highest BCUT2D eigenvalue weighted by molar-refractivity contribution is 5.79. The van der Waals surface area contributed by atoms with Gasteiger partial charge in [0.15, 0.2) is 0 Å². The van der Waals surface area contributed by atoms with Crippen LogP contribution >= 0.6 is 0 Å². The van der Waals surface area contributed by atoms with Gasteiger partial charge in [-0.25, -0.2) is 0 Å². The molecule has 1 aliphatic heterocycles. The molecule has 1 saturated heterocycles. The van der Waals surface area contributed by atoms with Crippen LogP contribution < -0.4 is 11.1 Å². The van der Waals surface area contributed by atoms with Gasteiger partial charge < -0.3 is 15.8 Å². The number of hydrogen-bond acceptors (Lipinski definition) is 3. The van der Waals surface area contributed by atoms with Crippen molar-refractivity contribution in [1.82, 2.24) is 5.32 Å². The summed E-state index contributed by atoms with van der Waals surface area (Å²) < 4.78 is 5.54. The molecule has 98 valence electrons. The van der Waals surface area contributed by atoms with Gasteiger partial charge in [-0.05, 0) is 39.5 Å². The number of nitrogens with one attached hydrogen (secondary N) is 1. The van der Waals surface area contributed by atoms with Gasteiger partial charge in [-0.15, -0.1) is 0 Å². The van der Waals surface area contributed by atoms with Crippen molar-refractivity contribution < 1.29 is 9.53 Å². The second-order valence-corrected chi connectivity index (χ2v) is 5.79.